The van der Waals surface area contributed by atoms with Crippen LogP contribution in [0.5, 0.6) is 0 Å². The van der Waals surface area contributed by atoms with E-state index in [-0.39, 0.29) is 0 Å². The Balaban J connectivity index is 1.82. The average Bonchev–Trinajstić information content (AvgIpc) is 3.22. The molecule has 0 saturated carbocycles. The van der Waals surface area contributed by atoms with Crippen LogP contribution in [-0.2, 0) is 126 Å². The first-order chi connectivity index (χ1) is 33.6. The first-order valence-electron chi connectivity index (χ1n) is 19.3. The molecular weight excluding hydrogens is 1170 g/mol. The first kappa shape index (κ1) is 63.9. The molecule has 4 aliphatic rings. The summed E-state index contributed by atoms with van der Waals surface area (Å²) in [6, 6.07) is -5.16. The number of carboxylic acids is 2. The third-order valence-corrected chi connectivity index (χ3v) is 12.9. The van der Waals surface area contributed by atoms with Crippen LogP contribution in [0, 0.1) is 0 Å². The van der Waals surface area contributed by atoms with Crippen molar-refractivity contribution in [2.24, 2.45) is 0 Å². The fourth-order valence-electron chi connectivity index (χ4n) is 7.15. The molecule has 4 heterocycles. The van der Waals surface area contributed by atoms with Gasteiger partial charge >= 0.3 is 74.1 Å². The highest BCUT2D eigenvalue weighted by atomic mass is 32.3. The molecule has 4 fully saturated rings. The van der Waals surface area contributed by atoms with Gasteiger partial charge in [-0.2, -0.15) is 60.0 Å². The zero-order chi connectivity index (χ0) is 56.4. The molecule has 0 aromatic carbocycles. The Hall–Kier alpha value is -2.62. The predicted molar refractivity (Wildman–Crippen MR) is 216 cm³/mol. The quantitative estimate of drug-likeness (QED) is 0.0298. The number of nitrogens with one attached hydrogen (secondary N) is 2. The highest BCUT2D eigenvalue weighted by molar-refractivity contribution is 7.84. The van der Waals surface area contributed by atoms with Crippen LogP contribution in [0.15, 0.2) is 12.7 Å². The van der Waals surface area contributed by atoms with Gasteiger partial charge in [0.2, 0.25) is 0 Å². The van der Waals surface area contributed by atoms with E-state index in [2.05, 4.69) is 23.3 Å². The molecule has 0 bridgehead atoms. The maximum Gasteiger partial charge on any atom is 0.397 e. The Kier molecular flexibility index (Phi) is 21.2. The standard InChI is InChI=1S/C27H44N2O39S6/c1-2-3-57-24-8(28-69(39,40)41)10(30)15(6(60-24)4-58-71(45,46)47)63-27-20(68-74(54,55)56)14(34)17(21(66-27)23(37)38)64-25-9(29-70(42,43)44)11(31)16(7(61-25)5-59-72(48,49)50)62-26-19(67-73(51,52)53)13(33)12(32)18(65-26)22(35)36/h2,6-21,24-34H,1,3-5H2,(H,35,36)(H,37,38)(H,39,40,41)(H,42,43,44)(H,45,46,47)(H,48,49,50)(H,51,52,53)(H,54,55,56)/t6-,7-,8-,9-,10-,11-,12+,13+,14+,15-,16-,17+,18-,19-,20-,21-,24+,25-,26-,27-/m1/s1. The number of aliphatic hydroxyl groups is 5. The van der Waals surface area contributed by atoms with Gasteiger partial charge in [0.15, 0.2) is 49.6 Å². The molecule has 0 radical (unpaired) electrons. The van der Waals surface area contributed by atoms with E-state index < -0.39 is 217 Å². The third-order valence-electron chi connectivity index (χ3n) is 9.95. The second-order valence-electron chi connectivity index (χ2n) is 15.1. The van der Waals surface area contributed by atoms with Crippen LogP contribution in [0.1, 0.15) is 0 Å². The summed E-state index contributed by atoms with van der Waals surface area (Å²) in [5, 5.41) is 75.2. The number of carbonyl (C=O) groups is 2. The molecule has 41 nitrogen and oxygen atoms in total. The largest absolute Gasteiger partial charge is 0.479 e. The average molecular weight is 1210 g/mol. The maximum absolute atomic E-state index is 12.8. The van der Waals surface area contributed by atoms with Crippen molar-refractivity contribution in [3.63, 3.8) is 0 Å². The highest BCUT2D eigenvalue weighted by Crippen LogP contribution is 2.37. The summed E-state index contributed by atoms with van der Waals surface area (Å²) >= 11 is 0. The normalized spacial score (nSPS) is 38.0. The summed E-state index contributed by atoms with van der Waals surface area (Å²) in [4.78, 5) is 24.7. The van der Waals surface area contributed by atoms with Crippen molar-refractivity contribution < 1.29 is 178 Å². The summed E-state index contributed by atoms with van der Waals surface area (Å²) < 4.78 is 261. The van der Waals surface area contributed by atoms with Crippen LogP contribution in [0.3, 0.4) is 0 Å². The Labute approximate surface area is 415 Å². The minimum absolute atomic E-state index is 0.573. The van der Waals surface area contributed by atoms with Gasteiger partial charge in [0.05, 0.1) is 19.8 Å². The lowest BCUT2D eigenvalue weighted by molar-refractivity contribution is -0.368. The van der Waals surface area contributed by atoms with Gasteiger partial charge in [-0.25, -0.2) is 26.3 Å². The van der Waals surface area contributed by atoms with E-state index in [0.29, 0.717) is 0 Å². The molecule has 15 N–H and O–H groups in total. The number of carboxylic acid groups (broad SMARTS) is 2. The van der Waals surface area contributed by atoms with E-state index in [1.807, 2.05) is 0 Å². The zero-order valence-electron chi connectivity index (χ0n) is 35.8. The second kappa shape index (κ2) is 24.6. The topological polar surface area (TPSA) is 637 Å². The Morgan fingerprint density at radius 3 is 1.23 bits per heavy atom. The van der Waals surface area contributed by atoms with E-state index in [1.165, 1.54) is 9.44 Å². The van der Waals surface area contributed by atoms with E-state index in [4.69, 9.17) is 37.9 Å². The molecule has 0 amide bonds. The van der Waals surface area contributed by atoms with Crippen LogP contribution >= 0.6 is 0 Å². The first-order valence-corrected chi connectivity index (χ1v) is 27.7. The summed E-state index contributed by atoms with van der Waals surface area (Å²) in [6.45, 7) is -0.519. The summed E-state index contributed by atoms with van der Waals surface area (Å²) in [7, 11) is -34.2. The van der Waals surface area contributed by atoms with Gasteiger partial charge in [0.1, 0.15) is 73.1 Å². The lowest BCUT2D eigenvalue weighted by Gasteiger charge is -2.49. The molecule has 0 unspecified atom stereocenters. The molecule has 0 aliphatic carbocycles. The van der Waals surface area contributed by atoms with E-state index in [0.717, 1.165) is 6.08 Å². The summed E-state index contributed by atoms with van der Waals surface area (Å²) in [5.74, 6) is -4.53. The number of ether oxygens (including phenoxy) is 8. The van der Waals surface area contributed by atoms with Crippen LogP contribution in [0.4, 0.5) is 0 Å². The lowest BCUT2D eigenvalue weighted by atomic mass is 9.94. The third kappa shape index (κ3) is 18.2. The zero-order valence-corrected chi connectivity index (χ0v) is 40.7. The monoisotopic (exact) mass is 1210 g/mol. The SMILES string of the molecule is C=CCO[C@H]1O[C@H](COS(=O)(=O)O)[C@@H](O[C@@H]2O[C@@H](C(=O)O)[C@@H](O[C@H]3O[C@H](COS(=O)(=O)O)[C@@H](O[C@@H]4O[C@@H](C(=O)O)[C@@H](O)[C@H](O)[C@H]4OS(=O)(=O)O)[C@H](O)[C@H]3NS(=O)(=O)O)[C@H](O)[C@H]2OS(=O)(=O)O)[C@H](O)[C@H]1NS(=O)(=O)O. The minimum Gasteiger partial charge on any atom is -0.479 e. The lowest BCUT2D eigenvalue weighted by Crippen LogP contribution is -2.70. The molecule has 0 aromatic rings. The molecule has 4 aliphatic heterocycles. The highest BCUT2D eigenvalue weighted by Gasteiger charge is 2.60. The number of hydrogen-bond donors (Lipinski definition) is 15. The molecule has 0 spiro atoms. The Bertz CT molecular complexity index is 2670. The van der Waals surface area contributed by atoms with Gasteiger partial charge in [0.25, 0.3) is 0 Å². The maximum atomic E-state index is 12.8. The molecule has 4 rings (SSSR count). The molecule has 4 saturated heterocycles. The molecule has 20 atom stereocenters. The van der Waals surface area contributed by atoms with Crippen molar-refractivity contribution in [2.45, 2.75) is 123 Å². The van der Waals surface area contributed by atoms with Crippen molar-refractivity contribution in [1.82, 2.24) is 9.44 Å². The fraction of sp³-hybridized carbons (Fsp3) is 0.852. The van der Waals surface area contributed by atoms with Crippen molar-refractivity contribution in [2.75, 3.05) is 19.8 Å². The van der Waals surface area contributed by atoms with Crippen molar-refractivity contribution in [3.8, 4) is 0 Å². The molecule has 74 heavy (non-hydrogen) atoms. The van der Waals surface area contributed by atoms with E-state index >= 15 is 0 Å². The van der Waals surface area contributed by atoms with Crippen LogP contribution in [0.2, 0.25) is 0 Å². The van der Waals surface area contributed by atoms with Crippen molar-refractivity contribution >= 4 is 74.1 Å². The van der Waals surface area contributed by atoms with Gasteiger partial charge in [-0.05, 0) is 0 Å². The van der Waals surface area contributed by atoms with Gasteiger partial charge in [0, 0.05) is 0 Å². The molecule has 432 valence electrons. The number of aliphatic hydroxyl groups excluding tert-OH is 5. The predicted octanol–water partition coefficient (Wildman–Crippen LogP) is -10.2. The summed E-state index contributed by atoms with van der Waals surface area (Å²) in [5.41, 5.74) is 0. The fourth-order valence-corrected chi connectivity index (χ4v) is 9.93. The summed E-state index contributed by atoms with van der Waals surface area (Å²) in [6.07, 6.45) is -48.6. The number of rotatable bonds is 25. The van der Waals surface area contributed by atoms with Gasteiger partial charge in [-0.1, -0.05) is 6.08 Å². The second-order valence-corrected chi connectivity index (χ2v) is 21.8. The number of aliphatic carboxylic acids is 2. The van der Waals surface area contributed by atoms with Gasteiger partial charge < -0.3 is 73.6 Å². The number of hydrogen-bond acceptors (Lipinski definition) is 31. The van der Waals surface area contributed by atoms with E-state index in [1.54, 1.807) is 0 Å². The van der Waals surface area contributed by atoms with Crippen LogP contribution in [0.25, 0.3) is 0 Å². The van der Waals surface area contributed by atoms with Gasteiger partial charge in [-0.3, -0.25) is 27.3 Å². The van der Waals surface area contributed by atoms with Gasteiger partial charge in [-0.15, -0.1) is 6.58 Å². The molecule has 0 aromatic heterocycles. The minimum atomic E-state index is -6.03. The van der Waals surface area contributed by atoms with E-state index in [9.17, 15) is 123 Å². The van der Waals surface area contributed by atoms with Crippen LogP contribution in [-0.4, -0.2) is 268 Å². The Morgan fingerprint density at radius 1 is 0.473 bits per heavy atom. The molecule has 47 heteroatoms. The molecular formula is C27H44N2O39S6. The Morgan fingerprint density at radius 2 is 0.851 bits per heavy atom. The smallest absolute Gasteiger partial charge is 0.397 e. The van der Waals surface area contributed by atoms with Crippen molar-refractivity contribution in [3.05, 3.63) is 12.7 Å². The van der Waals surface area contributed by atoms with Crippen molar-refractivity contribution in [1.29, 1.82) is 0 Å². The van der Waals surface area contributed by atoms with Crippen LogP contribution < -0.4 is 9.44 Å².